The molecule has 0 aliphatic rings. The third-order valence-corrected chi connectivity index (χ3v) is 2.92. The summed E-state index contributed by atoms with van der Waals surface area (Å²) < 4.78 is 1.47. The Balaban J connectivity index is 2.48. The molecule has 0 spiro atoms. The number of aromatic nitrogens is 3. The third-order valence-electron chi connectivity index (χ3n) is 2.92. The number of nitrogens with two attached hydrogens (primary N) is 1. The summed E-state index contributed by atoms with van der Waals surface area (Å²) in [4.78, 5) is 20.4. The predicted molar refractivity (Wildman–Crippen MR) is 74.3 cm³/mol. The number of pyridine rings is 1. The van der Waals surface area contributed by atoms with Crippen molar-refractivity contribution >= 4 is 16.9 Å². The zero-order valence-corrected chi connectivity index (χ0v) is 10.4. The lowest BCUT2D eigenvalue weighted by molar-refractivity contribution is 0.941. The molecule has 3 aromatic rings. The lowest BCUT2D eigenvalue weighted by Gasteiger charge is -2.10. The molecule has 5 nitrogen and oxygen atoms in total. The maximum Gasteiger partial charge on any atom is 0.355 e. The summed E-state index contributed by atoms with van der Waals surface area (Å²) in [5, 5.41) is 0.675. The summed E-state index contributed by atoms with van der Waals surface area (Å²) in [6.07, 6.45) is 0. The molecule has 0 aliphatic heterocycles. The molecule has 0 bridgehead atoms. The summed E-state index contributed by atoms with van der Waals surface area (Å²) in [5.74, 6) is 0.208. The number of hydrogen-bond acceptors (Lipinski definition) is 4. The molecule has 0 saturated heterocycles. The van der Waals surface area contributed by atoms with Gasteiger partial charge in [0.1, 0.15) is 5.82 Å². The van der Waals surface area contributed by atoms with E-state index in [9.17, 15) is 4.79 Å². The van der Waals surface area contributed by atoms with Crippen molar-refractivity contribution in [2.75, 3.05) is 5.73 Å². The summed E-state index contributed by atoms with van der Waals surface area (Å²) >= 11 is 0. The Hall–Kier alpha value is -2.69. The van der Waals surface area contributed by atoms with Crippen molar-refractivity contribution in [3.05, 3.63) is 58.6 Å². The Morgan fingerprint density at radius 2 is 1.79 bits per heavy atom. The van der Waals surface area contributed by atoms with E-state index in [2.05, 4.69) is 9.97 Å². The molecule has 2 heterocycles. The van der Waals surface area contributed by atoms with Crippen LogP contribution in [0.15, 0.2) is 47.3 Å². The predicted octanol–water partition coefficient (Wildman–Crippen LogP) is 1.67. The number of nitrogens with zero attached hydrogens (tertiary/aromatic N) is 3. The van der Waals surface area contributed by atoms with Gasteiger partial charge in [-0.2, -0.15) is 4.98 Å². The van der Waals surface area contributed by atoms with Crippen molar-refractivity contribution in [1.82, 2.24) is 14.5 Å². The van der Waals surface area contributed by atoms with Crippen LogP contribution in [0.3, 0.4) is 0 Å². The zero-order valence-electron chi connectivity index (χ0n) is 10.4. The topological polar surface area (TPSA) is 73.8 Å². The molecule has 2 aromatic heterocycles. The van der Waals surface area contributed by atoms with Crippen molar-refractivity contribution in [2.24, 2.45) is 0 Å². The molecule has 0 amide bonds. The van der Waals surface area contributed by atoms with Crippen molar-refractivity contribution in [3.8, 4) is 5.69 Å². The number of para-hydroxylation sites is 1. The summed E-state index contributed by atoms with van der Waals surface area (Å²) in [5.41, 5.74) is 7.45. The smallest absolute Gasteiger partial charge is 0.355 e. The van der Waals surface area contributed by atoms with Gasteiger partial charge in [0, 0.05) is 5.69 Å². The van der Waals surface area contributed by atoms with Gasteiger partial charge >= 0.3 is 5.69 Å². The van der Waals surface area contributed by atoms with E-state index in [0.717, 1.165) is 11.4 Å². The highest BCUT2D eigenvalue weighted by Crippen LogP contribution is 2.18. The average molecular weight is 252 g/mol. The van der Waals surface area contributed by atoms with Gasteiger partial charge in [-0.1, -0.05) is 18.2 Å². The molecule has 0 fully saturated rings. The van der Waals surface area contributed by atoms with Crippen LogP contribution in [-0.4, -0.2) is 14.5 Å². The highest BCUT2D eigenvalue weighted by atomic mass is 16.1. The van der Waals surface area contributed by atoms with E-state index in [1.165, 1.54) is 4.57 Å². The van der Waals surface area contributed by atoms with Gasteiger partial charge in [0.05, 0.1) is 11.1 Å². The fourth-order valence-corrected chi connectivity index (χ4v) is 2.03. The van der Waals surface area contributed by atoms with Crippen molar-refractivity contribution in [2.45, 2.75) is 6.92 Å². The Labute approximate surface area is 109 Å². The van der Waals surface area contributed by atoms with Gasteiger partial charge in [-0.05, 0) is 31.2 Å². The van der Waals surface area contributed by atoms with Crippen molar-refractivity contribution in [1.29, 1.82) is 0 Å². The molecule has 0 unspecified atom stereocenters. The SMILES string of the molecule is Cc1ccc2c(N)nc(=O)n(-c3ccccc3)c2n1. The van der Waals surface area contributed by atoms with Gasteiger partial charge in [0.15, 0.2) is 5.65 Å². The minimum Gasteiger partial charge on any atom is -0.383 e. The molecule has 0 saturated carbocycles. The lowest BCUT2D eigenvalue weighted by Crippen LogP contribution is -2.23. The number of anilines is 1. The lowest BCUT2D eigenvalue weighted by atomic mass is 10.2. The second-order valence-corrected chi connectivity index (χ2v) is 4.27. The number of aryl methyl sites for hydroxylation is 1. The van der Waals surface area contributed by atoms with Crippen LogP contribution >= 0.6 is 0 Å². The van der Waals surface area contributed by atoms with E-state index in [4.69, 9.17) is 5.73 Å². The number of nitrogen functional groups attached to an aromatic ring is 1. The minimum absolute atomic E-state index is 0.208. The zero-order chi connectivity index (χ0) is 13.4. The molecule has 0 aliphatic carbocycles. The molecule has 2 N–H and O–H groups in total. The van der Waals surface area contributed by atoms with E-state index in [-0.39, 0.29) is 5.82 Å². The highest BCUT2D eigenvalue weighted by molar-refractivity contribution is 5.86. The van der Waals surface area contributed by atoms with E-state index in [1.807, 2.05) is 49.4 Å². The maximum atomic E-state index is 12.1. The van der Waals surface area contributed by atoms with Crippen LogP contribution in [0.25, 0.3) is 16.7 Å². The van der Waals surface area contributed by atoms with Gasteiger partial charge in [-0.15, -0.1) is 0 Å². The first kappa shape index (κ1) is 11.4. The summed E-state index contributed by atoms with van der Waals surface area (Å²) in [6.45, 7) is 1.87. The van der Waals surface area contributed by atoms with Crippen molar-refractivity contribution in [3.63, 3.8) is 0 Å². The molecule has 94 valence electrons. The Morgan fingerprint density at radius 1 is 1.05 bits per heavy atom. The van der Waals surface area contributed by atoms with Crippen molar-refractivity contribution < 1.29 is 0 Å². The summed E-state index contributed by atoms with van der Waals surface area (Å²) in [7, 11) is 0. The fourth-order valence-electron chi connectivity index (χ4n) is 2.03. The quantitative estimate of drug-likeness (QED) is 0.715. The van der Waals surface area contributed by atoms with Gasteiger partial charge < -0.3 is 5.73 Å². The Kier molecular flexibility index (Phi) is 2.52. The van der Waals surface area contributed by atoms with E-state index < -0.39 is 5.69 Å². The van der Waals surface area contributed by atoms with Crippen LogP contribution in [-0.2, 0) is 0 Å². The fraction of sp³-hybridized carbons (Fsp3) is 0.0714. The molecule has 19 heavy (non-hydrogen) atoms. The van der Waals surface area contributed by atoms with Crippen LogP contribution in [0.1, 0.15) is 5.69 Å². The summed E-state index contributed by atoms with van der Waals surface area (Å²) in [6, 6.07) is 13.0. The number of rotatable bonds is 1. The normalized spacial score (nSPS) is 10.8. The Morgan fingerprint density at radius 3 is 2.53 bits per heavy atom. The number of hydrogen-bond donors (Lipinski definition) is 1. The average Bonchev–Trinajstić information content (AvgIpc) is 2.39. The molecule has 0 atom stereocenters. The monoisotopic (exact) mass is 252 g/mol. The molecule has 1 aromatic carbocycles. The van der Waals surface area contributed by atoms with Crippen LogP contribution in [0.5, 0.6) is 0 Å². The highest BCUT2D eigenvalue weighted by Gasteiger charge is 2.11. The van der Waals surface area contributed by atoms with Gasteiger partial charge in [0.2, 0.25) is 0 Å². The molecular formula is C14H12N4O. The second-order valence-electron chi connectivity index (χ2n) is 4.27. The largest absolute Gasteiger partial charge is 0.383 e. The molecule has 3 rings (SSSR count). The van der Waals surface area contributed by atoms with Gasteiger partial charge in [-0.25, -0.2) is 14.3 Å². The van der Waals surface area contributed by atoms with E-state index in [1.54, 1.807) is 0 Å². The molecule has 0 radical (unpaired) electrons. The first-order chi connectivity index (χ1) is 9.16. The van der Waals surface area contributed by atoms with Crippen LogP contribution in [0.4, 0.5) is 5.82 Å². The van der Waals surface area contributed by atoms with E-state index in [0.29, 0.717) is 11.0 Å². The van der Waals surface area contributed by atoms with Gasteiger partial charge in [-0.3, -0.25) is 0 Å². The second kappa shape index (κ2) is 4.20. The first-order valence-electron chi connectivity index (χ1n) is 5.88. The maximum absolute atomic E-state index is 12.1. The molecule has 5 heteroatoms. The molecular weight excluding hydrogens is 240 g/mol. The number of fused-ring (bicyclic) bond motifs is 1. The standard InChI is InChI=1S/C14H12N4O/c1-9-7-8-11-12(15)17-14(19)18(13(11)16-9)10-5-3-2-4-6-10/h2-8H,1H3,(H2,15,17,19). The van der Waals surface area contributed by atoms with Crippen LogP contribution < -0.4 is 11.4 Å². The van der Waals surface area contributed by atoms with Crippen LogP contribution in [0.2, 0.25) is 0 Å². The first-order valence-corrected chi connectivity index (χ1v) is 5.88. The van der Waals surface area contributed by atoms with E-state index >= 15 is 0 Å². The Bertz CT molecular complexity index is 809. The number of benzene rings is 1. The minimum atomic E-state index is -0.422. The van der Waals surface area contributed by atoms with Gasteiger partial charge in [0.25, 0.3) is 0 Å². The van der Waals surface area contributed by atoms with Crippen LogP contribution in [0, 0.1) is 6.92 Å². The third kappa shape index (κ3) is 1.85.